The van der Waals surface area contributed by atoms with E-state index < -0.39 is 0 Å². The molecule has 1 aliphatic heterocycles. The molecule has 2 rings (SSSR count). The van der Waals surface area contributed by atoms with Gasteiger partial charge in [-0.25, -0.2) is 4.39 Å². The second-order valence-corrected chi connectivity index (χ2v) is 3.19. The summed E-state index contributed by atoms with van der Waals surface area (Å²) in [5, 5.41) is 8.66. The molecule has 1 aromatic carbocycles. The maximum atomic E-state index is 13.0. The Kier molecular flexibility index (Phi) is 4.04. The average Bonchev–Trinajstić information content (AvgIpc) is 2.69. The Morgan fingerprint density at radius 2 is 2.27 bits per heavy atom. The number of benzene rings is 1. The monoisotopic (exact) mass is 228 g/mol. The summed E-state index contributed by atoms with van der Waals surface area (Å²) in [4.78, 5) is 4.97. The smallest absolute Gasteiger partial charge is 0.124 e. The van der Waals surface area contributed by atoms with E-state index in [-0.39, 0.29) is 24.3 Å². The molecule has 15 heavy (non-hydrogen) atoms. The van der Waals surface area contributed by atoms with Crippen LogP contribution in [-0.2, 0) is 4.84 Å². The maximum absolute atomic E-state index is 13.0. The van der Waals surface area contributed by atoms with Crippen LogP contribution in [-0.4, -0.2) is 6.61 Å². The summed E-state index contributed by atoms with van der Waals surface area (Å²) >= 11 is 0. The van der Waals surface area contributed by atoms with Gasteiger partial charge in [0, 0.05) is 0 Å². The Morgan fingerprint density at radius 1 is 1.47 bits per heavy atom. The van der Waals surface area contributed by atoms with E-state index in [2.05, 4.69) is 5.48 Å². The Morgan fingerprint density at radius 3 is 2.87 bits per heavy atom. The van der Waals surface area contributed by atoms with Crippen molar-refractivity contribution in [2.75, 3.05) is 6.61 Å². The molecule has 0 amide bonds. The summed E-state index contributed by atoms with van der Waals surface area (Å²) in [6.45, 7) is 0.614. The highest BCUT2D eigenvalue weighted by molar-refractivity contribution is 5.85. The molecule has 0 aliphatic carbocycles. The zero-order valence-electron chi connectivity index (χ0n) is 7.87. The van der Waals surface area contributed by atoms with E-state index in [0.29, 0.717) is 12.2 Å². The van der Waals surface area contributed by atoms with E-state index in [1.807, 2.05) is 6.07 Å². The number of hydroxylamine groups is 1. The molecule has 3 nitrogen and oxygen atoms in total. The molecule has 1 fully saturated rings. The van der Waals surface area contributed by atoms with Crippen molar-refractivity contribution in [3.8, 4) is 6.07 Å². The lowest BCUT2D eigenvalue weighted by Crippen LogP contribution is -2.11. The van der Waals surface area contributed by atoms with E-state index in [4.69, 9.17) is 10.1 Å². The van der Waals surface area contributed by atoms with Crippen molar-refractivity contribution in [1.82, 2.24) is 5.48 Å². The zero-order chi connectivity index (χ0) is 9.97. The predicted octanol–water partition coefficient (Wildman–Crippen LogP) is 2.09. The van der Waals surface area contributed by atoms with Crippen LogP contribution in [0.3, 0.4) is 0 Å². The third kappa shape index (κ3) is 2.66. The van der Waals surface area contributed by atoms with Crippen LogP contribution < -0.4 is 5.48 Å². The van der Waals surface area contributed by atoms with Crippen LogP contribution in [0.4, 0.5) is 4.39 Å². The fourth-order valence-corrected chi connectivity index (χ4v) is 1.51. The summed E-state index contributed by atoms with van der Waals surface area (Å²) in [5.74, 6) is -0.382. The minimum absolute atomic E-state index is 0. The third-order valence-corrected chi connectivity index (χ3v) is 2.19. The van der Waals surface area contributed by atoms with Crippen LogP contribution in [0.15, 0.2) is 18.2 Å². The molecule has 1 N–H and O–H groups in total. The van der Waals surface area contributed by atoms with Gasteiger partial charge in [-0.3, -0.25) is 0 Å². The first-order valence-electron chi connectivity index (χ1n) is 4.37. The van der Waals surface area contributed by atoms with Gasteiger partial charge in [0.1, 0.15) is 5.82 Å². The lowest BCUT2D eigenvalue weighted by atomic mass is 10.0. The van der Waals surface area contributed by atoms with Crippen LogP contribution in [0, 0.1) is 17.1 Å². The number of hydrogen-bond donors (Lipinski definition) is 1. The Labute approximate surface area is 93.2 Å². The minimum Gasteiger partial charge on any atom is -0.301 e. The van der Waals surface area contributed by atoms with Crippen molar-refractivity contribution < 1.29 is 9.23 Å². The van der Waals surface area contributed by atoms with E-state index in [1.54, 1.807) is 6.07 Å². The number of hydrogen-bond acceptors (Lipinski definition) is 3. The normalized spacial score (nSPS) is 19.3. The highest BCUT2D eigenvalue weighted by Gasteiger charge is 2.18. The van der Waals surface area contributed by atoms with Crippen LogP contribution >= 0.6 is 12.4 Å². The van der Waals surface area contributed by atoms with Crippen molar-refractivity contribution in [2.24, 2.45) is 0 Å². The molecular weight excluding hydrogens is 219 g/mol. The van der Waals surface area contributed by atoms with Crippen LogP contribution in [0.25, 0.3) is 0 Å². The molecule has 1 saturated heterocycles. The third-order valence-electron chi connectivity index (χ3n) is 2.19. The number of nitrogens with one attached hydrogen (secondary N) is 1. The molecular formula is C10H10ClFN2O. The summed E-state index contributed by atoms with van der Waals surface area (Å²) in [6, 6.07) is 6.24. The van der Waals surface area contributed by atoms with Crippen LogP contribution in [0.1, 0.15) is 23.6 Å². The number of rotatable bonds is 1. The fourth-order valence-electron chi connectivity index (χ4n) is 1.51. The number of halogens is 2. The maximum Gasteiger partial charge on any atom is 0.124 e. The summed E-state index contributed by atoms with van der Waals surface area (Å²) in [6.07, 6.45) is 0.800. The molecule has 80 valence electrons. The molecule has 0 bridgehead atoms. The quantitative estimate of drug-likeness (QED) is 0.801. The molecule has 0 saturated carbocycles. The molecule has 0 spiro atoms. The van der Waals surface area contributed by atoms with Gasteiger partial charge < -0.3 is 4.84 Å². The molecule has 0 unspecified atom stereocenters. The molecule has 1 heterocycles. The van der Waals surface area contributed by atoms with Crippen molar-refractivity contribution >= 4 is 12.4 Å². The fraction of sp³-hybridized carbons (Fsp3) is 0.300. The van der Waals surface area contributed by atoms with E-state index in [1.165, 1.54) is 12.1 Å². The van der Waals surface area contributed by atoms with Gasteiger partial charge in [0.25, 0.3) is 0 Å². The first-order chi connectivity index (χ1) is 6.79. The SMILES string of the molecule is Cl.N#Cc1cc(F)cc([C@@H]2CCON2)c1. The first-order valence-corrected chi connectivity index (χ1v) is 4.37. The molecule has 1 aliphatic rings. The predicted molar refractivity (Wildman–Crippen MR) is 54.8 cm³/mol. The Bertz CT molecular complexity index is 385. The first kappa shape index (κ1) is 11.9. The van der Waals surface area contributed by atoms with Crippen LogP contribution in [0.2, 0.25) is 0 Å². The van der Waals surface area contributed by atoms with Crippen molar-refractivity contribution in [3.63, 3.8) is 0 Å². The minimum atomic E-state index is -0.382. The van der Waals surface area contributed by atoms with E-state index in [9.17, 15) is 4.39 Å². The van der Waals surface area contributed by atoms with Gasteiger partial charge in [-0.2, -0.15) is 10.7 Å². The van der Waals surface area contributed by atoms with Crippen molar-refractivity contribution in [3.05, 3.63) is 35.1 Å². The van der Waals surface area contributed by atoms with Crippen LogP contribution in [0.5, 0.6) is 0 Å². The van der Waals surface area contributed by atoms with E-state index >= 15 is 0 Å². The number of nitriles is 1. The lowest BCUT2D eigenvalue weighted by molar-refractivity contribution is 0.0882. The standard InChI is InChI=1S/C10H9FN2O.ClH/c11-9-4-7(6-12)3-8(5-9)10-1-2-14-13-10;/h3-5,10,13H,1-2H2;1H/t10-;/m0./s1. The largest absolute Gasteiger partial charge is 0.301 e. The Hall–Kier alpha value is -1.15. The molecule has 0 aromatic heterocycles. The average molecular weight is 229 g/mol. The van der Waals surface area contributed by atoms with Gasteiger partial charge in [0.15, 0.2) is 0 Å². The second kappa shape index (κ2) is 5.08. The van der Waals surface area contributed by atoms with Gasteiger partial charge in [-0.1, -0.05) is 0 Å². The molecule has 1 aromatic rings. The van der Waals surface area contributed by atoms with Gasteiger partial charge in [0.05, 0.1) is 24.3 Å². The van der Waals surface area contributed by atoms with Gasteiger partial charge in [0.2, 0.25) is 0 Å². The van der Waals surface area contributed by atoms with Crippen molar-refractivity contribution in [1.29, 1.82) is 5.26 Å². The van der Waals surface area contributed by atoms with E-state index in [0.717, 1.165) is 12.0 Å². The highest BCUT2D eigenvalue weighted by Crippen LogP contribution is 2.22. The molecule has 0 radical (unpaired) electrons. The molecule has 1 atom stereocenters. The molecule has 5 heteroatoms. The summed E-state index contributed by atoms with van der Waals surface area (Å²) < 4.78 is 13.0. The van der Waals surface area contributed by atoms with Gasteiger partial charge in [-0.05, 0) is 30.2 Å². The van der Waals surface area contributed by atoms with Gasteiger partial charge >= 0.3 is 0 Å². The summed E-state index contributed by atoms with van der Waals surface area (Å²) in [5.41, 5.74) is 3.88. The van der Waals surface area contributed by atoms with Crippen molar-refractivity contribution in [2.45, 2.75) is 12.5 Å². The second-order valence-electron chi connectivity index (χ2n) is 3.19. The lowest BCUT2D eigenvalue weighted by Gasteiger charge is -2.08. The van der Waals surface area contributed by atoms with Gasteiger partial charge in [-0.15, -0.1) is 12.4 Å². The number of nitrogens with zero attached hydrogens (tertiary/aromatic N) is 1. The summed E-state index contributed by atoms with van der Waals surface area (Å²) in [7, 11) is 0. The topological polar surface area (TPSA) is 45.0 Å². The Balaban J connectivity index is 0.00000112. The highest BCUT2D eigenvalue weighted by atomic mass is 35.5. The zero-order valence-corrected chi connectivity index (χ0v) is 8.68.